The van der Waals surface area contributed by atoms with Crippen molar-refractivity contribution >= 4 is 0 Å². The Morgan fingerprint density at radius 2 is 1.76 bits per heavy atom. The van der Waals surface area contributed by atoms with Crippen LogP contribution in [0.5, 0.6) is 5.75 Å². The normalized spacial score (nSPS) is 10.9. The topological polar surface area (TPSA) is 21.3 Å². The lowest BCUT2D eigenvalue weighted by Gasteiger charge is -2.15. The highest BCUT2D eigenvalue weighted by Crippen LogP contribution is 2.22. The molecule has 0 aliphatic heterocycles. The lowest BCUT2D eigenvalue weighted by molar-refractivity contribution is 0.301. The number of benzene rings is 2. The fraction of sp³-hybridized carbons (Fsp3) is 0.368. The molecule has 2 heteroatoms. The van der Waals surface area contributed by atoms with E-state index in [0.29, 0.717) is 12.6 Å². The van der Waals surface area contributed by atoms with Crippen LogP contribution in [0.4, 0.5) is 0 Å². The van der Waals surface area contributed by atoms with E-state index in [1.165, 1.54) is 22.3 Å². The summed E-state index contributed by atoms with van der Waals surface area (Å²) in [5, 5.41) is 3.46. The van der Waals surface area contributed by atoms with Crippen LogP contribution in [0.25, 0.3) is 0 Å². The van der Waals surface area contributed by atoms with Gasteiger partial charge in [-0.25, -0.2) is 0 Å². The van der Waals surface area contributed by atoms with Gasteiger partial charge >= 0.3 is 0 Å². The number of hydrogen-bond acceptors (Lipinski definition) is 2. The van der Waals surface area contributed by atoms with Crippen molar-refractivity contribution in [2.24, 2.45) is 0 Å². The van der Waals surface area contributed by atoms with Crippen LogP contribution in [-0.2, 0) is 13.2 Å². The number of aryl methyl sites for hydroxylation is 2. The predicted octanol–water partition coefficient (Wildman–Crippen LogP) is 4.38. The molecule has 2 aromatic carbocycles. The summed E-state index contributed by atoms with van der Waals surface area (Å²) in [5.74, 6) is 0.969. The van der Waals surface area contributed by atoms with Crippen molar-refractivity contribution in [3.05, 3.63) is 64.7 Å². The summed E-state index contributed by atoms with van der Waals surface area (Å²) < 4.78 is 6.05. The van der Waals surface area contributed by atoms with Crippen molar-refractivity contribution < 1.29 is 4.74 Å². The first-order valence-electron chi connectivity index (χ1n) is 7.56. The minimum atomic E-state index is 0.467. The van der Waals surface area contributed by atoms with Crippen molar-refractivity contribution in [1.82, 2.24) is 5.32 Å². The maximum absolute atomic E-state index is 6.05. The zero-order valence-electron chi connectivity index (χ0n) is 13.4. The number of rotatable bonds is 6. The molecule has 0 aliphatic rings. The quantitative estimate of drug-likeness (QED) is 0.849. The van der Waals surface area contributed by atoms with E-state index >= 15 is 0 Å². The van der Waals surface area contributed by atoms with Crippen LogP contribution in [0.15, 0.2) is 42.5 Å². The minimum Gasteiger partial charge on any atom is -0.489 e. The van der Waals surface area contributed by atoms with Crippen LogP contribution < -0.4 is 10.1 Å². The van der Waals surface area contributed by atoms with E-state index in [1.54, 1.807) is 0 Å². The molecule has 0 radical (unpaired) electrons. The van der Waals surface area contributed by atoms with Crippen LogP contribution in [0.3, 0.4) is 0 Å². The molecule has 0 aromatic heterocycles. The monoisotopic (exact) mass is 283 g/mol. The van der Waals surface area contributed by atoms with Crippen LogP contribution in [0.1, 0.15) is 36.1 Å². The Morgan fingerprint density at radius 1 is 1.00 bits per heavy atom. The molecule has 0 bridgehead atoms. The van der Waals surface area contributed by atoms with Gasteiger partial charge in [0.1, 0.15) is 12.4 Å². The predicted molar refractivity (Wildman–Crippen MR) is 88.7 cm³/mol. The number of hydrogen-bond donors (Lipinski definition) is 1. The zero-order chi connectivity index (χ0) is 15.2. The number of nitrogens with one attached hydrogen (secondary N) is 1. The third-order valence-electron chi connectivity index (χ3n) is 3.56. The Balaban J connectivity index is 2.10. The molecule has 0 aliphatic carbocycles. The largest absolute Gasteiger partial charge is 0.489 e. The Kier molecular flexibility index (Phi) is 5.40. The van der Waals surface area contributed by atoms with E-state index in [2.05, 4.69) is 75.5 Å². The van der Waals surface area contributed by atoms with E-state index in [1.807, 2.05) is 0 Å². The molecule has 0 unspecified atom stereocenters. The molecule has 0 saturated heterocycles. The molecular formula is C19H25NO. The second kappa shape index (κ2) is 7.28. The maximum Gasteiger partial charge on any atom is 0.124 e. The van der Waals surface area contributed by atoms with Crippen LogP contribution >= 0.6 is 0 Å². The Morgan fingerprint density at radius 3 is 2.48 bits per heavy atom. The molecule has 0 spiro atoms. The van der Waals surface area contributed by atoms with E-state index in [-0.39, 0.29) is 0 Å². The minimum absolute atomic E-state index is 0.467. The average Bonchev–Trinajstić information content (AvgIpc) is 2.45. The van der Waals surface area contributed by atoms with Gasteiger partial charge in [-0.15, -0.1) is 0 Å². The van der Waals surface area contributed by atoms with E-state index in [9.17, 15) is 0 Å². The van der Waals surface area contributed by atoms with Crippen molar-refractivity contribution in [3.8, 4) is 5.75 Å². The standard InChI is InChI=1S/C19H25NO/c1-14(2)20-12-18-11-15(3)9-10-19(18)21-13-17-8-6-5-7-16(17)4/h5-11,14,20H,12-13H2,1-4H3. The van der Waals surface area contributed by atoms with E-state index in [4.69, 9.17) is 4.74 Å². The lowest BCUT2D eigenvalue weighted by atomic mass is 10.1. The van der Waals surface area contributed by atoms with Gasteiger partial charge in [-0.2, -0.15) is 0 Å². The third kappa shape index (κ3) is 4.61. The zero-order valence-corrected chi connectivity index (χ0v) is 13.4. The fourth-order valence-corrected chi connectivity index (χ4v) is 2.23. The molecule has 2 aromatic rings. The molecule has 0 atom stereocenters. The van der Waals surface area contributed by atoms with Gasteiger partial charge in [0.25, 0.3) is 0 Å². The molecule has 0 amide bonds. The fourth-order valence-electron chi connectivity index (χ4n) is 2.23. The highest BCUT2D eigenvalue weighted by molar-refractivity contribution is 5.37. The lowest BCUT2D eigenvalue weighted by Crippen LogP contribution is -2.22. The van der Waals surface area contributed by atoms with Gasteiger partial charge in [-0.05, 0) is 31.0 Å². The summed E-state index contributed by atoms with van der Waals surface area (Å²) in [6, 6.07) is 15.2. The summed E-state index contributed by atoms with van der Waals surface area (Å²) >= 11 is 0. The van der Waals surface area contributed by atoms with Gasteiger partial charge in [0.15, 0.2) is 0 Å². The third-order valence-corrected chi connectivity index (χ3v) is 3.56. The van der Waals surface area contributed by atoms with Gasteiger partial charge in [0.05, 0.1) is 0 Å². The molecule has 2 nitrogen and oxygen atoms in total. The second-order valence-electron chi connectivity index (χ2n) is 5.86. The molecule has 1 N–H and O–H groups in total. The van der Waals surface area contributed by atoms with E-state index in [0.717, 1.165) is 12.3 Å². The first-order valence-corrected chi connectivity index (χ1v) is 7.56. The van der Waals surface area contributed by atoms with Gasteiger partial charge in [0, 0.05) is 18.2 Å². The summed E-state index contributed by atoms with van der Waals surface area (Å²) in [4.78, 5) is 0. The average molecular weight is 283 g/mol. The SMILES string of the molecule is Cc1ccc(OCc2ccccc2C)c(CNC(C)C)c1. The molecule has 112 valence electrons. The first kappa shape index (κ1) is 15.6. The molecule has 0 saturated carbocycles. The molecular weight excluding hydrogens is 258 g/mol. The van der Waals surface area contributed by atoms with Crippen molar-refractivity contribution in [3.63, 3.8) is 0 Å². The van der Waals surface area contributed by atoms with Crippen molar-refractivity contribution in [2.45, 2.75) is 46.9 Å². The Labute approximate surface area is 128 Å². The first-order chi connectivity index (χ1) is 10.1. The highest BCUT2D eigenvalue weighted by Gasteiger charge is 2.06. The highest BCUT2D eigenvalue weighted by atomic mass is 16.5. The van der Waals surface area contributed by atoms with Gasteiger partial charge in [-0.1, -0.05) is 55.8 Å². The Hall–Kier alpha value is -1.80. The summed E-state index contributed by atoms with van der Waals surface area (Å²) in [7, 11) is 0. The van der Waals surface area contributed by atoms with Crippen molar-refractivity contribution in [2.75, 3.05) is 0 Å². The molecule has 21 heavy (non-hydrogen) atoms. The smallest absolute Gasteiger partial charge is 0.124 e. The summed E-state index contributed by atoms with van der Waals surface area (Å²) in [6.07, 6.45) is 0. The molecule has 0 heterocycles. The number of ether oxygens (including phenoxy) is 1. The van der Waals surface area contributed by atoms with Gasteiger partial charge in [0.2, 0.25) is 0 Å². The second-order valence-corrected chi connectivity index (χ2v) is 5.86. The van der Waals surface area contributed by atoms with Crippen LogP contribution in [0.2, 0.25) is 0 Å². The molecule has 2 rings (SSSR count). The Bertz CT molecular complexity index is 590. The molecule has 0 fully saturated rings. The van der Waals surface area contributed by atoms with Gasteiger partial charge in [-0.3, -0.25) is 0 Å². The van der Waals surface area contributed by atoms with Crippen molar-refractivity contribution in [1.29, 1.82) is 0 Å². The maximum atomic E-state index is 6.05. The van der Waals surface area contributed by atoms with Crippen LogP contribution in [0, 0.1) is 13.8 Å². The van der Waals surface area contributed by atoms with Crippen LogP contribution in [-0.4, -0.2) is 6.04 Å². The van der Waals surface area contributed by atoms with E-state index < -0.39 is 0 Å². The summed E-state index contributed by atoms with van der Waals surface area (Å²) in [5.41, 5.74) is 4.99. The van der Waals surface area contributed by atoms with Gasteiger partial charge < -0.3 is 10.1 Å². The summed E-state index contributed by atoms with van der Waals surface area (Å²) in [6.45, 7) is 10.00.